The molecule has 1 rings (SSSR count). The number of non-ortho nitro benzene ring substituents is 1. The number of ketones is 1. The maximum Gasteiger partial charge on any atom is 0.270 e. The fraction of sp³-hybridized carbons (Fsp3) is 0.500. The van der Waals surface area contributed by atoms with Gasteiger partial charge in [-0.05, 0) is 36.5 Å². The van der Waals surface area contributed by atoms with Gasteiger partial charge in [0.15, 0.2) is 5.78 Å². The van der Waals surface area contributed by atoms with Crippen molar-refractivity contribution in [1.82, 2.24) is 0 Å². The normalized spacial score (nSPS) is 11.5. The predicted octanol–water partition coefficient (Wildman–Crippen LogP) is 5.32. The van der Waals surface area contributed by atoms with E-state index in [1.165, 1.54) is 12.1 Å². The Labute approximate surface area is 132 Å². The molecule has 0 radical (unpaired) electrons. The molecule has 0 saturated heterocycles. The maximum atomic E-state index is 12.3. The van der Waals surface area contributed by atoms with Gasteiger partial charge in [-0.3, -0.25) is 14.9 Å². The van der Waals surface area contributed by atoms with Crippen molar-refractivity contribution in [3.63, 3.8) is 0 Å². The molecule has 0 atom stereocenters. The number of rotatable bonds is 10. The van der Waals surface area contributed by atoms with Crippen molar-refractivity contribution >= 4 is 17.5 Å². The summed E-state index contributed by atoms with van der Waals surface area (Å²) in [5.74, 6) is 0.174. The van der Waals surface area contributed by atoms with E-state index in [1.54, 1.807) is 12.1 Å². The van der Waals surface area contributed by atoms with Crippen LogP contribution in [0.2, 0.25) is 0 Å². The van der Waals surface area contributed by atoms with E-state index in [1.807, 2.05) is 6.08 Å². The van der Waals surface area contributed by atoms with Gasteiger partial charge in [-0.2, -0.15) is 0 Å². The summed E-state index contributed by atoms with van der Waals surface area (Å²) in [6, 6.07) is 6.44. The first-order chi connectivity index (χ1) is 10.6. The van der Waals surface area contributed by atoms with Crippen LogP contribution in [0.25, 0.3) is 6.08 Å². The molecule has 4 nitrogen and oxygen atoms in total. The van der Waals surface area contributed by atoms with E-state index in [2.05, 4.69) is 13.8 Å². The van der Waals surface area contributed by atoms with Crippen molar-refractivity contribution < 1.29 is 9.72 Å². The zero-order valence-corrected chi connectivity index (χ0v) is 13.5. The van der Waals surface area contributed by atoms with Gasteiger partial charge in [0, 0.05) is 18.6 Å². The highest BCUT2D eigenvalue weighted by Crippen LogP contribution is 2.20. The first-order valence-electron chi connectivity index (χ1n) is 8.06. The van der Waals surface area contributed by atoms with Gasteiger partial charge in [-0.15, -0.1) is 0 Å². The van der Waals surface area contributed by atoms with Gasteiger partial charge in [-0.1, -0.05) is 45.2 Å². The highest BCUT2D eigenvalue weighted by atomic mass is 16.6. The summed E-state index contributed by atoms with van der Waals surface area (Å²) in [7, 11) is 0. The van der Waals surface area contributed by atoms with E-state index < -0.39 is 4.92 Å². The van der Waals surface area contributed by atoms with E-state index >= 15 is 0 Å². The van der Waals surface area contributed by atoms with Crippen LogP contribution in [-0.4, -0.2) is 10.7 Å². The van der Waals surface area contributed by atoms with Crippen LogP contribution in [0, 0.1) is 10.1 Å². The minimum atomic E-state index is -0.411. The molecule has 0 spiro atoms. The molecule has 0 aromatic heterocycles. The zero-order valence-electron chi connectivity index (χ0n) is 13.5. The minimum absolute atomic E-state index is 0.0574. The van der Waals surface area contributed by atoms with Crippen LogP contribution in [0.3, 0.4) is 0 Å². The predicted molar refractivity (Wildman–Crippen MR) is 89.7 cm³/mol. The first-order valence-corrected chi connectivity index (χ1v) is 8.06. The van der Waals surface area contributed by atoms with Gasteiger partial charge in [0.05, 0.1) is 4.92 Å². The third kappa shape index (κ3) is 6.20. The van der Waals surface area contributed by atoms with E-state index in [4.69, 9.17) is 0 Å². The second kappa shape index (κ2) is 9.87. The summed E-state index contributed by atoms with van der Waals surface area (Å²) in [6.07, 6.45) is 8.16. The second-order valence-electron chi connectivity index (χ2n) is 5.51. The second-order valence-corrected chi connectivity index (χ2v) is 5.51. The molecule has 4 heteroatoms. The molecule has 0 aliphatic rings. The highest BCUT2D eigenvalue weighted by Gasteiger charge is 2.10. The van der Waals surface area contributed by atoms with E-state index in [0.29, 0.717) is 6.42 Å². The average Bonchev–Trinajstić information content (AvgIpc) is 2.51. The van der Waals surface area contributed by atoms with Crippen LogP contribution in [0.5, 0.6) is 0 Å². The van der Waals surface area contributed by atoms with E-state index in [-0.39, 0.29) is 11.5 Å². The number of unbranched alkanes of at least 4 members (excludes halogenated alkanes) is 3. The Kier molecular flexibility index (Phi) is 8.11. The van der Waals surface area contributed by atoms with Crippen molar-refractivity contribution in [2.45, 2.75) is 58.8 Å². The van der Waals surface area contributed by atoms with Crippen molar-refractivity contribution in [1.29, 1.82) is 0 Å². The lowest BCUT2D eigenvalue weighted by Crippen LogP contribution is -2.03. The number of carbonyl (C=O) groups excluding carboxylic acids is 1. The van der Waals surface area contributed by atoms with Crippen molar-refractivity contribution in [3.05, 3.63) is 45.5 Å². The van der Waals surface area contributed by atoms with Crippen LogP contribution >= 0.6 is 0 Å². The summed E-state index contributed by atoms with van der Waals surface area (Å²) in [6.45, 7) is 4.20. The molecule has 0 aliphatic carbocycles. The molecule has 1 aromatic carbocycles. The van der Waals surface area contributed by atoms with E-state index in [9.17, 15) is 14.9 Å². The van der Waals surface area contributed by atoms with E-state index in [0.717, 1.165) is 49.7 Å². The summed E-state index contributed by atoms with van der Waals surface area (Å²) >= 11 is 0. The summed E-state index contributed by atoms with van der Waals surface area (Å²) in [5.41, 5.74) is 1.57. The Balaban J connectivity index is 2.91. The molecule has 0 aliphatic heterocycles. The smallest absolute Gasteiger partial charge is 0.270 e. The number of Topliss-reactive ketones (excluding diaryl/α,β-unsaturated/α-hetero) is 1. The largest absolute Gasteiger partial charge is 0.295 e. The van der Waals surface area contributed by atoms with Crippen molar-refractivity contribution in [2.24, 2.45) is 0 Å². The molecule has 120 valence electrons. The number of hydrogen-bond acceptors (Lipinski definition) is 3. The number of nitrogens with zero attached hydrogens (tertiary/aromatic N) is 1. The number of allylic oxidation sites excluding steroid dienone is 1. The molecule has 0 bridgehead atoms. The molecular weight excluding hydrogens is 278 g/mol. The molecule has 1 aromatic rings. The van der Waals surface area contributed by atoms with Crippen LogP contribution in [-0.2, 0) is 4.79 Å². The Morgan fingerprint density at radius 2 is 1.86 bits per heavy atom. The van der Waals surface area contributed by atoms with Crippen molar-refractivity contribution in [2.75, 3.05) is 0 Å². The fourth-order valence-electron chi connectivity index (χ4n) is 2.28. The van der Waals surface area contributed by atoms with Crippen molar-refractivity contribution in [3.8, 4) is 0 Å². The van der Waals surface area contributed by atoms with Crippen LogP contribution in [0.4, 0.5) is 5.69 Å². The van der Waals surface area contributed by atoms with Gasteiger partial charge in [0.1, 0.15) is 0 Å². The standard InChI is InChI=1S/C18H25NO3/c1-3-5-7-12-18(20)16(10-6-4-2)13-15-9-8-11-17(14-15)19(21)22/h8-9,11,13-14H,3-7,10,12H2,1-2H3/b16-13+. The lowest BCUT2D eigenvalue weighted by molar-refractivity contribution is -0.384. The molecule has 0 unspecified atom stereocenters. The zero-order chi connectivity index (χ0) is 16.4. The molecule has 0 N–H and O–H groups in total. The van der Waals surface area contributed by atoms with Crippen LogP contribution in [0.1, 0.15) is 64.4 Å². The van der Waals surface area contributed by atoms with Gasteiger partial charge >= 0.3 is 0 Å². The third-order valence-electron chi connectivity index (χ3n) is 3.59. The lowest BCUT2D eigenvalue weighted by atomic mass is 9.97. The highest BCUT2D eigenvalue weighted by molar-refractivity contribution is 5.99. The molecule has 0 fully saturated rings. The Hall–Kier alpha value is -1.97. The Morgan fingerprint density at radius 3 is 2.50 bits per heavy atom. The monoisotopic (exact) mass is 303 g/mol. The quantitative estimate of drug-likeness (QED) is 0.254. The lowest BCUT2D eigenvalue weighted by Gasteiger charge is -2.07. The third-order valence-corrected chi connectivity index (χ3v) is 3.59. The molecular formula is C18H25NO3. The number of hydrogen-bond donors (Lipinski definition) is 0. The maximum absolute atomic E-state index is 12.3. The van der Waals surface area contributed by atoms with Gasteiger partial charge in [0.25, 0.3) is 5.69 Å². The number of nitro benzene ring substituents is 1. The summed E-state index contributed by atoms with van der Waals surface area (Å²) in [4.78, 5) is 22.8. The number of benzene rings is 1. The summed E-state index contributed by atoms with van der Waals surface area (Å²) < 4.78 is 0. The van der Waals surface area contributed by atoms with Gasteiger partial charge < -0.3 is 0 Å². The summed E-state index contributed by atoms with van der Waals surface area (Å²) in [5, 5.41) is 10.8. The molecule has 0 saturated carbocycles. The topological polar surface area (TPSA) is 60.2 Å². The van der Waals surface area contributed by atoms with Gasteiger partial charge in [-0.25, -0.2) is 0 Å². The van der Waals surface area contributed by atoms with Gasteiger partial charge in [0.2, 0.25) is 0 Å². The molecule has 0 amide bonds. The molecule has 0 heterocycles. The Morgan fingerprint density at radius 1 is 1.14 bits per heavy atom. The number of nitro groups is 1. The first kappa shape index (κ1) is 18.1. The van der Waals surface area contributed by atoms with Crippen LogP contribution < -0.4 is 0 Å². The fourth-order valence-corrected chi connectivity index (χ4v) is 2.28. The minimum Gasteiger partial charge on any atom is -0.295 e. The molecule has 22 heavy (non-hydrogen) atoms. The average molecular weight is 303 g/mol. The van der Waals surface area contributed by atoms with Crippen LogP contribution in [0.15, 0.2) is 29.8 Å². The Bertz CT molecular complexity index is 535. The SMILES string of the molecule is CCCCCC(=O)/C(=C/c1cccc([N+](=O)[O-])c1)CCCC. The number of carbonyl (C=O) groups is 1.